The fourth-order valence-corrected chi connectivity index (χ4v) is 2.34. The Bertz CT molecular complexity index is 705. The Hall–Kier alpha value is -2.05. The van der Waals surface area contributed by atoms with Crippen LogP contribution in [0.25, 0.3) is 0 Å². The maximum absolute atomic E-state index is 12.7. The number of aromatic nitrogens is 1. The quantitative estimate of drug-likeness (QED) is 0.803. The maximum Gasteiger partial charge on any atom is 0.254 e. The van der Waals surface area contributed by atoms with Crippen LogP contribution in [-0.4, -0.2) is 35.0 Å². The molecule has 2 aromatic rings. The Kier molecular flexibility index (Phi) is 6.63. The van der Waals surface area contributed by atoms with Crippen molar-refractivity contribution in [3.63, 3.8) is 0 Å². The van der Waals surface area contributed by atoms with Gasteiger partial charge in [-0.2, -0.15) is 0 Å². The van der Waals surface area contributed by atoms with E-state index in [0.717, 1.165) is 12.8 Å². The number of hydrogen-bond acceptors (Lipinski definition) is 4. The van der Waals surface area contributed by atoms with Crippen LogP contribution in [0.4, 0.5) is 5.82 Å². The molecule has 1 aromatic heterocycles. The summed E-state index contributed by atoms with van der Waals surface area (Å²) < 4.78 is 4.65. The SMILES string of the molecule is CCCCN(CC(=O)Nc1ccon1)C(=O)c1ccc(Cl)c(Cl)c1. The van der Waals surface area contributed by atoms with Gasteiger partial charge in [0.2, 0.25) is 5.91 Å². The number of rotatable bonds is 7. The van der Waals surface area contributed by atoms with Crippen LogP contribution in [0, 0.1) is 0 Å². The molecule has 6 nitrogen and oxygen atoms in total. The Labute approximate surface area is 149 Å². The van der Waals surface area contributed by atoms with E-state index in [1.54, 1.807) is 12.1 Å². The summed E-state index contributed by atoms with van der Waals surface area (Å²) in [5.74, 6) is -0.330. The number of anilines is 1. The Morgan fingerprint density at radius 1 is 1.25 bits per heavy atom. The number of carbonyl (C=O) groups excluding carboxylic acids is 2. The smallest absolute Gasteiger partial charge is 0.254 e. The van der Waals surface area contributed by atoms with Gasteiger partial charge in [0, 0.05) is 18.2 Å². The normalized spacial score (nSPS) is 10.5. The molecule has 0 saturated heterocycles. The van der Waals surface area contributed by atoms with Crippen molar-refractivity contribution in [1.82, 2.24) is 10.1 Å². The minimum atomic E-state index is -0.353. The number of carbonyl (C=O) groups is 2. The second-order valence-electron chi connectivity index (χ2n) is 5.14. The van der Waals surface area contributed by atoms with Crippen molar-refractivity contribution in [1.29, 1.82) is 0 Å². The Morgan fingerprint density at radius 2 is 2.04 bits per heavy atom. The lowest BCUT2D eigenvalue weighted by Crippen LogP contribution is -2.38. The molecular weight excluding hydrogens is 353 g/mol. The summed E-state index contributed by atoms with van der Waals surface area (Å²) >= 11 is 11.8. The zero-order valence-corrected chi connectivity index (χ0v) is 14.6. The molecule has 24 heavy (non-hydrogen) atoms. The van der Waals surface area contributed by atoms with E-state index in [-0.39, 0.29) is 18.4 Å². The molecule has 0 bridgehead atoms. The van der Waals surface area contributed by atoms with Crippen LogP contribution in [0.5, 0.6) is 0 Å². The first-order valence-corrected chi connectivity index (χ1v) is 8.21. The molecule has 0 aliphatic carbocycles. The molecule has 1 aromatic carbocycles. The largest absolute Gasteiger partial charge is 0.363 e. The zero-order chi connectivity index (χ0) is 17.5. The van der Waals surface area contributed by atoms with Gasteiger partial charge in [-0.15, -0.1) is 0 Å². The van der Waals surface area contributed by atoms with Gasteiger partial charge < -0.3 is 14.7 Å². The van der Waals surface area contributed by atoms with Crippen LogP contribution in [0.3, 0.4) is 0 Å². The highest BCUT2D eigenvalue weighted by Gasteiger charge is 2.19. The highest BCUT2D eigenvalue weighted by molar-refractivity contribution is 6.42. The van der Waals surface area contributed by atoms with E-state index in [0.29, 0.717) is 28.0 Å². The van der Waals surface area contributed by atoms with E-state index in [4.69, 9.17) is 23.2 Å². The summed E-state index contributed by atoms with van der Waals surface area (Å²) in [4.78, 5) is 26.2. The Balaban J connectivity index is 2.09. The summed E-state index contributed by atoms with van der Waals surface area (Å²) in [7, 11) is 0. The van der Waals surface area contributed by atoms with Crippen LogP contribution < -0.4 is 5.32 Å². The number of hydrogen-bond donors (Lipinski definition) is 1. The number of unbranched alkanes of at least 4 members (excludes halogenated alkanes) is 1. The molecule has 8 heteroatoms. The molecule has 2 amide bonds. The molecule has 2 rings (SSSR count). The van der Waals surface area contributed by atoms with E-state index >= 15 is 0 Å². The molecule has 0 atom stereocenters. The highest BCUT2D eigenvalue weighted by Crippen LogP contribution is 2.23. The molecule has 1 N–H and O–H groups in total. The van der Waals surface area contributed by atoms with Crippen molar-refractivity contribution in [2.24, 2.45) is 0 Å². The topological polar surface area (TPSA) is 75.4 Å². The van der Waals surface area contributed by atoms with Crippen LogP contribution >= 0.6 is 23.2 Å². The van der Waals surface area contributed by atoms with Crippen molar-refractivity contribution < 1.29 is 14.1 Å². The molecule has 0 aliphatic rings. The third kappa shape index (κ3) is 4.97. The number of halogens is 2. The number of nitrogens with one attached hydrogen (secondary N) is 1. The van der Waals surface area contributed by atoms with Gasteiger partial charge >= 0.3 is 0 Å². The molecule has 0 fully saturated rings. The number of benzene rings is 1. The van der Waals surface area contributed by atoms with Gasteiger partial charge in [0.1, 0.15) is 12.8 Å². The third-order valence-corrected chi connectivity index (χ3v) is 4.01. The lowest BCUT2D eigenvalue weighted by atomic mass is 10.2. The van der Waals surface area contributed by atoms with Crippen molar-refractivity contribution in [3.8, 4) is 0 Å². The summed E-state index contributed by atoms with van der Waals surface area (Å²) in [6.45, 7) is 2.38. The van der Waals surface area contributed by atoms with Crippen molar-refractivity contribution >= 4 is 40.8 Å². The standard InChI is InChI=1S/C16H17Cl2N3O3/c1-2-3-7-21(10-15(22)19-14-6-8-24-20-14)16(23)11-4-5-12(17)13(18)9-11/h4-6,8-9H,2-3,7,10H2,1H3,(H,19,20,22). The first-order chi connectivity index (χ1) is 11.5. The van der Waals surface area contributed by atoms with Gasteiger partial charge in [-0.25, -0.2) is 0 Å². The molecule has 1 heterocycles. The molecule has 0 saturated carbocycles. The Morgan fingerprint density at radius 3 is 2.67 bits per heavy atom. The first kappa shape index (κ1) is 18.3. The van der Waals surface area contributed by atoms with Crippen LogP contribution in [0.1, 0.15) is 30.1 Å². The number of nitrogens with zero attached hydrogens (tertiary/aromatic N) is 2. The summed E-state index contributed by atoms with van der Waals surface area (Å²) in [6.07, 6.45) is 3.03. The lowest BCUT2D eigenvalue weighted by molar-refractivity contribution is -0.116. The molecule has 0 unspecified atom stereocenters. The number of amides is 2. The van der Waals surface area contributed by atoms with Gasteiger partial charge in [-0.3, -0.25) is 9.59 Å². The minimum absolute atomic E-state index is 0.0913. The second kappa shape index (κ2) is 8.70. The zero-order valence-electron chi connectivity index (χ0n) is 13.1. The van der Waals surface area contributed by atoms with E-state index < -0.39 is 0 Å². The predicted molar refractivity (Wildman–Crippen MR) is 92.4 cm³/mol. The fourth-order valence-electron chi connectivity index (χ4n) is 2.05. The predicted octanol–water partition coefficient (Wildman–Crippen LogP) is 3.86. The maximum atomic E-state index is 12.7. The highest BCUT2D eigenvalue weighted by atomic mass is 35.5. The van der Waals surface area contributed by atoms with Crippen molar-refractivity contribution in [2.75, 3.05) is 18.4 Å². The molecule has 0 radical (unpaired) electrons. The van der Waals surface area contributed by atoms with E-state index in [1.165, 1.54) is 23.3 Å². The van der Waals surface area contributed by atoms with Gasteiger partial charge in [0.05, 0.1) is 10.0 Å². The van der Waals surface area contributed by atoms with E-state index in [2.05, 4.69) is 15.0 Å². The molecule has 0 spiro atoms. The summed E-state index contributed by atoms with van der Waals surface area (Å²) in [6, 6.07) is 6.17. The van der Waals surface area contributed by atoms with Crippen molar-refractivity contribution in [2.45, 2.75) is 19.8 Å². The van der Waals surface area contributed by atoms with E-state index in [1.807, 2.05) is 6.92 Å². The minimum Gasteiger partial charge on any atom is -0.363 e. The second-order valence-corrected chi connectivity index (χ2v) is 5.96. The summed E-state index contributed by atoms with van der Waals surface area (Å²) in [5.41, 5.74) is 0.384. The molecule has 128 valence electrons. The first-order valence-electron chi connectivity index (χ1n) is 7.45. The average molecular weight is 370 g/mol. The molecule has 0 aliphatic heterocycles. The van der Waals surface area contributed by atoms with Crippen LogP contribution in [0.2, 0.25) is 10.0 Å². The van der Waals surface area contributed by atoms with Crippen LogP contribution in [-0.2, 0) is 4.79 Å². The average Bonchev–Trinajstić information content (AvgIpc) is 3.06. The molecular formula is C16H17Cl2N3O3. The fraction of sp³-hybridized carbons (Fsp3) is 0.312. The van der Waals surface area contributed by atoms with E-state index in [9.17, 15) is 9.59 Å². The summed E-state index contributed by atoms with van der Waals surface area (Å²) in [5, 5.41) is 6.85. The third-order valence-electron chi connectivity index (χ3n) is 3.28. The van der Waals surface area contributed by atoms with Gasteiger partial charge in [0.25, 0.3) is 5.91 Å². The lowest BCUT2D eigenvalue weighted by Gasteiger charge is -2.22. The van der Waals surface area contributed by atoms with Gasteiger partial charge in [-0.05, 0) is 24.6 Å². The van der Waals surface area contributed by atoms with Crippen molar-refractivity contribution in [3.05, 3.63) is 46.1 Å². The van der Waals surface area contributed by atoms with Crippen LogP contribution in [0.15, 0.2) is 35.1 Å². The monoisotopic (exact) mass is 369 g/mol. The van der Waals surface area contributed by atoms with Gasteiger partial charge in [-0.1, -0.05) is 41.7 Å². The van der Waals surface area contributed by atoms with Gasteiger partial charge in [0.15, 0.2) is 5.82 Å².